The standard InChI is InChI=1S/C21H28N4O5/c1-3-5-6-9-13-25-19(27)16-11-8-7-10-15(16)18(24-25)20(28)30-14-17(26)23-21(29)22-12-4-2/h7-8,10-11H,3-6,9,12-14H2,1-2H3,(H2,22,23,26,29). The van der Waals surface area contributed by atoms with Gasteiger partial charge in [0.15, 0.2) is 12.3 Å². The lowest BCUT2D eigenvalue weighted by atomic mass is 10.1. The number of fused-ring (bicyclic) bond motifs is 1. The van der Waals surface area contributed by atoms with Gasteiger partial charge in [-0.1, -0.05) is 51.3 Å². The van der Waals surface area contributed by atoms with E-state index in [1.54, 1.807) is 24.3 Å². The lowest BCUT2D eigenvalue weighted by Gasteiger charge is -2.11. The molecule has 3 amide bonds. The van der Waals surface area contributed by atoms with Gasteiger partial charge in [0.05, 0.1) is 5.39 Å². The molecule has 0 atom stereocenters. The lowest BCUT2D eigenvalue weighted by Crippen LogP contribution is -2.41. The van der Waals surface area contributed by atoms with Crippen LogP contribution in [0.25, 0.3) is 10.8 Å². The largest absolute Gasteiger partial charge is 0.451 e. The number of carbonyl (C=O) groups excluding carboxylic acids is 3. The summed E-state index contributed by atoms with van der Waals surface area (Å²) in [7, 11) is 0. The van der Waals surface area contributed by atoms with Gasteiger partial charge in [-0.15, -0.1) is 0 Å². The van der Waals surface area contributed by atoms with Crippen LogP contribution in [0.3, 0.4) is 0 Å². The van der Waals surface area contributed by atoms with E-state index in [4.69, 9.17) is 4.74 Å². The minimum atomic E-state index is -0.836. The molecule has 30 heavy (non-hydrogen) atoms. The minimum Gasteiger partial charge on any atom is -0.451 e. The van der Waals surface area contributed by atoms with Gasteiger partial charge >= 0.3 is 12.0 Å². The van der Waals surface area contributed by atoms with Crippen molar-refractivity contribution in [2.45, 2.75) is 52.5 Å². The third-order valence-electron chi connectivity index (χ3n) is 4.41. The predicted octanol–water partition coefficient (Wildman–Crippen LogP) is 2.37. The Morgan fingerprint density at radius 1 is 1.03 bits per heavy atom. The summed E-state index contributed by atoms with van der Waals surface area (Å²) >= 11 is 0. The van der Waals surface area contributed by atoms with E-state index < -0.39 is 24.5 Å². The van der Waals surface area contributed by atoms with E-state index in [2.05, 4.69) is 22.7 Å². The molecular weight excluding hydrogens is 388 g/mol. The summed E-state index contributed by atoms with van der Waals surface area (Å²) in [6.45, 7) is 4.16. The van der Waals surface area contributed by atoms with E-state index in [9.17, 15) is 19.2 Å². The Kier molecular flexibility index (Phi) is 8.99. The topological polar surface area (TPSA) is 119 Å². The first kappa shape index (κ1) is 23.1. The Balaban J connectivity index is 2.13. The van der Waals surface area contributed by atoms with Gasteiger partial charge in [-0.3, -0.25) is 14.9 Å². The number of hydrogen-bond acceptors (Lipinski definition) is 6. The van der Waals surface area contributed by atoms with Gasteiger partial charge in [-0.2, -0.15) is 5.10 Å². The highest BCUT2D eigenvalue weighted by Gasteiger charge is 2.19. The van der Waals surface area contributed by atoms with Crippen LogP contribution in [0.2, 0.25) is 0 Å². The number of carbonyl (C=O) groups is 3. The molecule has 0 radical (unpaired) electrons. The molecule has 0 spiro atoms. The van der Waals surface area contributed by atoms with Crippen molar-refractivity contribution in [1.29, 1.82) is 0 Å². The van der Waals surface area contributed by atoms with E-state index in [1.807, 2.05) is 6.92 Å². The molecule has 0 bridgehead atoms. The molecule has 2 aromatic rings. The van der Waals surface area contributed by atoms with Crippen molar-refractivity contribution in [3.63, 3.8) is 0 Å². The van der Waals surface area contributed by atoms with Gasteiger partial charge in [-0.25, -0.2) is 14.3 Å². The number of ether oxygens (including phenoxy) is 1. The lowest BCUT2D eigenvalue weighted by molar-refractivity contribution is -0.123. The first-order valence-electron chi connectivity index (χ1n) is 10.2. The number of aromatic nitrogens is 2. The summed E-state index contributed by atoms with van der Waals surface area (Å²) in [5, 5.41) is 9.48. The number of esters is 1. The summed E-state index contributed by atoms with van der Waals surface area (Å²) < 4.78 is 6.30. The SMILES string of the molecule is CCCCCCn1nc(C(=O)OCC(=O)NC(=O)NCCC)c2ccccc2c1=O. The Bertz CT molecular complexity index is 954. The van der Waals surface area contributed by atoms with Crippen LogP contribution in [0.15, 0.2) is 29.1 Å². The Morgan fingerprint density at radius 2 is 1.77 bits per heavy atom. The van der Waals surface area contributed by atoms with Gasteiger partial charge in [-0.05, 0) is 18.9 Å². The molecule has 0 saturated carbocycles. The number of urea groups is 1. The van der Waals surface area contributed by atoms with Crippen LogP contribution in [-0.4, -0.2) is 40.8 Å². The van der Waals surface area contributed by atoms with Gasteiger partial charge in [0.1, 0.15) is 0 Å². The third kappa shape index (κ3) is 6.40. The van der Waals surface area contributed by atoms with Crippen LogP contribution in [-0.2, 0) is 16.1 Å². The average molecular weight is 416 g/mol. The van der Waals surface area contributed by atoms with Crippen molar-refractivity contribution >= 4 is 28.7 Å². The number of rotatable bonds is 10. The summed E-state index contributed by atoms with van der Waals surface area (Å²) in [6, 6.07) is 5.99. The van der Waals surface area contributed by atoms with Crippen LogP contribution in [0.5, 0.6) is 0 Å². The van der Waals surface area contributed by atoms with Gasteiger partial charge < -0.3 is 10.1 Å². The number of hydrogen-bond donors (Lipinski definition) is 2. The summed E-state index contributed by atoms with van der Waals surface area (Å²) in [6.07, 6.45) is 4.57. The van der Waals surface area contributed by atoms with E-state index in [1.165, 1.54) is 4.68 Å². The quantitative estimate of drug-likeness (QED) is 0.453. The molecule has 9 nitrogen and oxygen atoms in total. The molecule has 0 aliphatic rings. The maximum Gasteiger partial charge on any atom is 0.359 e. The van der Waals surface area contributed by atoms with Crippen molar-refractivity contribution in [3.8, 4) is 0 Å². The second kappa shape index (κ2) is 11.7. The molecule has 1 heterocycles. The molecule has 0 unspecified atom stereocenters. The van der Waals surface area contributed by atoms with Crippen LogP contribution >= 0.6 is 0 Å². The van der Waals surface area contributed by atoms with E-state index in [0.29, 0.717) is 23.9 Å². The van der Waals surface area contributed by atoms with Crippen molar-refractivity contribution in [2.75, 3.05) is 13.2 Å². The van der Waals surface area contributed by atoms with Crippen molar-refractivity contribution in [1.82, 2.24) is 20.4 Å². The maximum atomic E-state index is 12.7. The number of benzene rings is 1. The number of amides is 3. The first-order chi connectivity index (χ1) is 14.5. The zero-order valence-electron chi connectivity index (χ0n) is 17.4. The Morgan fingerprint density at radius 3 is 2.47 bits per heavy atom. The molecule has 2 N–H and O–H groups in total. The number of nitrogens with zero attached hydrogens (tertiary/aromatic N) is 2. The molecule has 162 valence electrons. The molecule has 2 rings (SSSR count). The predicted molar refractivity (Wildman–Crippen MR) is 112 cm³/mol. The van der Waals surface area contributed by atoms with Crippen molar-refractivity contribution in [2.24, 2.45) is 0 Å². The Labute approximate surface area is 174 Å². The fraction of sp³-hybridized carbons (Fsp3) is 0.476. The molecular formula is C21H28N4O5. The summed E-state index contributed by atoms with van der Waals surface area (Å²) in [4.78, 5) is 48.6. The van der Waals surface area contributed by atoms with Crippen molar-refractivity contribution < 1.29 is 19.1 Å². The minimum absolute atomic E-state index is 0.0380. The van der Waals surface area contributed by atoms with Crippen LogP contribution in [0.1, 0.15) is 56.4 Å². The molecule has 0 saturated heterocycles. The number of aryl methyl sites for hydroxylation is 1. The number of unbranched alkanes of at least 4 members (excludes halogenated alkanes) is 3. The van der Waals surface area contributed by atoms with E-state index in [-0.39, 0.29) is 11.3 Å². The zero-order valence-corrected chi connectivity index (χ0v) is 17.4. The summed E-state index contributed by atoms with van der Waals surface area (Å²) in [5.74, 6) is -1.59. The zero-order chi connectivity index (χ0) is 21.9. The molecule has 0 aliphatic heterocycles. The average Bonchev–Trinajstić information content (AvgIpc) is 2.75. The number of nitrogens with one attached hydrogen (secondary N) is 2. The highest BCUT2D eigenvalue weighted by molar-refractivity contribution is 6.03. The van der Waals surface area contributed by atoms with Crippen LogP contribution in [0, 0.1) is 0 Å². The highest BCUT2D eigenvalue weighted by atomic mass is 16.5. The highest BCUT2D eigenvalue weighted by Crippen LogP contribution is 2.14. The van der Waals surface area contributed by atoms with Gasteiger partial charge in [0, 0.05) is 18.5 Å². The summed E-state index contributed by atoms with van der Waals surface area (Å²) in [5.41, 5.74) is -0.312. The fourth-order valence-electron chi connectivity index (χ4n) is 2.87. The second-order valence-electron chi connectivity index (χ2n) is 6.86. The van der Waals surface area contributed by atoms with Gasteiger partial charge in [0.2, 0.25) is 0 Å². The fourth-order valence-corrected chi connectivity index (χ4v) is 2.87. The van der Waals surface area contributed by atoms with E-state index >= 15 is 0 Å². The normalized spacial score (nSPS) is 10.6. The smallest absolute Gasteiger partial charge is 0.359 e. The van der Waals surface area contributed by atoms with Gasteiger partial charge in [0.25, 0.3) is 11.5 Å². The molecule has 0 aliphatic carbocycles. The van der Waals surface area contributed by atoms with Crippen molar-refractivity contribution in [3.05, 3.63) is 40.3 Å². The molecule has 0 fully saturated rings. The monoisotopic (exact) mass is 416 g/mol. The maximum absolute atomic E-state index is 12.7. The first-order valence-corrected chi connectivity index (χ1v) is 10.2. The van der Waals surface area contributed by atoms with Crippen LogP contribution in [0.4, 0.5) is 4.79 Å². The third-order valence-corrected chi connectivity index (χ3v) is 4.41. The van der Waals surface area contributed by atoms with Crippen LogP contribution < -0.4 is 16.2 Å². The van der Waals surface area contributed by atoms with E-state index in [0.717, 1.165) is 32.1 Å². The second-order valence-corrected chi connectivity index (χ2v) is 6.86. The Hall–Kier alpha value is -3.23. The molecule has 1 aromatic carbocycles. The molecule has 1 aromatic heterocycles. The molecule has 9 heteroatoms. The number of imide groups is 1.